The summed E-state index contributed by atoms with van der Waals surface area (Å²) in [6, 6.07) is 5.28. The molecule has 0 N–H and O–H groups in total. The van der Waals surface area contributed by atoms with Crippen molar-refractivity contribution in [3.8, 4) is 0 Å². The SMILES string of the molecule is CCN(CC)c1nc(C(C)(C)C)c(/C=C/C2N(C)c3ccc([N+](=O)[O-])cc3C2(C)C)s1. The zero-order chi connectivity index (χ0) is 23.1. The van der Waals surface area contributed by atoms with Gasteiger partial charge in [0.15, 0.2) is 5.13 Å². The molecule has 6 nitrogen and oxygen atoms in total. The van der Waals surface area contributed by atoms with Gasteiger partial charge in [-0.1, -0.05) is 52.0 Å². The van der Waals surface area contributed by atoms with E-state index in [1.165, 1.54) is 4.88 Å². The highest BCUT2D eigenvalue weighted by Crippen LogP contribution is 2.46. The van der Waals surface area contributed by atoms with E-state index in [4.69, 9.17) is 4.98 Å². The standard InChI is InChI=1S/C24H34N4O2S/c1-9-27(10-2)22-25-21(23(3,4)5)19(31-22)13-14-20-24(6,7)17-15-16(28(29)30)11-12-18(17)26(20)8/h11-15,20H,9-10H2,1-8H3/b14-13+. The lowest BCUT2D eigenvalue weighted by Crippen LogP contribution is -2.37. The smallest absolute Gasteiger partial charge is 0.269 e. The van der Waals surface area contributed by atoms with E-state index in [1.54, 1.807) is 23.5 Å². The van der Waals surface area contributed by atoms with E-state index in [0.29, 0.717) is 0 Å². The van der Waals surface area contributed by atoms with E-state index in [9.17, 15) is 10.1 Å². The molecular formula is C24H34N4O2S. The van der Waals surface area contributed by atoms with Crippen LogP contribution in [0.25, 0.3) is 6.08 Å². The predicted octanol–water partition coefficient (Wildman–Crippen LogP) is 6.00. The van der Waals surface area contributed by atoms with Gasteiger partial charge in [-0.3, -0.25) is 10.1 Å². The third-order valence-electron chi connectivity index (χ3n) is 6.24. The van der Waals surface area contributed by atoms with Crippen molar-refractivity contribution in [1.29, 1.82) is 0 Å². The lowest BCUT2D eigenvalue weighted by Gasteiger charge is -2.29. The Morgan fingerprint density at radius 1 is 1.29 bits per heavy atom. The molecule has 168 valence electrons. The van der Waals surface area contributed by atoms with E-state index in [2.05, 4.69) is 77.5 Å². The van der Waals surface area contributed by atoms with Crippen molar-refractivity contribution in [2.24, 2.45) is 0 Å². The summed E-state index contributed by atoms with van der Waals surface area (Å²) in [6.07, 6.45) is 4.44. The molecule has 1 atom stereocenters. The molecule has 0 saturated carbocycles. The molecule has 1 aliphatic rings. The molecule has 2 heterocycles. The molecule has 0 amide bonds. The van der Waals surface area contributed by atoms with Gasteiger partial charge >= 0.3 is 0 Å². The van der Waals surface area contributed by atoms with E-state index < -0.39 is 0 Å². The molecule has 0 bridgehead atoms. The maximum atomic E-state index is 11.3. The number of nitro groups is 1. The minimum atomic E-state index is -0.318. The van der Waals surface area contributed by atoms with Gasteiger partial charge in [0.1, 0.15) is 0 Å². The zero-order valence-electron chi connectivity index (χ0n) is 19.9. The van der Waals surface area contributed by atoms with Gasteiger partial charge in [0.2, 0.25) is 0 Å². The highest BCUT2D eigenvalue weighted by molar-refractivity contribution is 7.16. The molecule has 7 heteroatoms. The quantitative estimate of drug-likeness (QED) is 0.405. The van der Waals surface area contributed by atoms with E-state index >= 15 is 0 Å². The summed E-state index contributed by atoms with van der Waals surface area (Å²) < 4.78 is 0. The highest BCUT2D eigenvalue weighted by Gasteiger charge is 2.42. The van der Waals surface area contributed by atoms with Crippen molar-refractivity contribution in [1.82, 2.24) is 4.98 Å². The summed E-state index contributed by atoms with van der Waals surface area (Å²) in [5.74, 6) is 0. The van der Waals surface area contributed by atoms with Crippen LogP contribution in [0.1, 0.15) is 64.6 Å². The van der Waals surface area contributed by atoms with Crippen LogP contribution in [0.3, 0.4) is 0 Å². The molecule has 1 aliphatic heterocycles. The van der Waals surface area contributed by atoms with Crippen LogP contribution >= 0.6 is 11.3 Å². The number of aromatic nitrogens is 1. The van der Waals surface area contributed by atoms with Crippen LogP contribution in [0, 0.1) is 10.1 Å². The number of nitrogens with zero attached hydrogens (tertiary/aromatic N) is 4. The minimum Gasteiger partial charge on any atom is -0.367 e. The Morgan fingerprint density at radius 3 is 2.48 bits per heavy atom. The summed E-state index contributed by atoms with van der Waals surface area (Å²) in [5.41, 5.74) is 3.02. The average Bonchev–Trinajstić information content (AvgIpc) is 3.19. The highest BCUT2D eigenvalue weighted by atomic mass is 32.1. The Hall–Kier alpha value is -2.41. The molecule has 31 heavy (non-hydrogen) atoms. The lowest BCUT2D eigenvalue weighted by molar-refractivity contribution is -0.384. The maximum absolute atomic E-state index is 11.3. The van der Waals surface area contributed by atoms with Crippen molar-refractivity contribution >= 4 is 33.9 Å². The molecule has 0 aliphatic carbocycles. The monoisotopic (exact) mass is 442 g/mol. The second-order valence-electron chi connectivity index (χ2n) is 9.73. The predicted molar refractivity (Wildman–Crippen MR) is 132 cm³/mol. The molecule has 2 aromatic rings. The second-order valence-corrected chi connectivity index (χ2v) is 10.7. The fourth-order valence-electron chi connectivity index (χ4n) is 4.40. The molecule has 0 saturated heterocycles. The number of hydrogen-bond acceptors (Lipinski definition) is 6. The molecule has 1 unspecified atom stereocenters. The van der Waals surface area contributed by atoms with Gasteiger partial charge in [-0.2, -0.15) is 0 Å². The Labute approximate surface area is 189 Å². The number of nitro benzene ring substituents is 1. The van der Waals surface area contributed by atoms with Crippen molar-refractivity contribution in [3.05, 3.63) is 50.5 Å². The first-order valence-electron chi connectivity index (χ1n) is 10.9. The minimum absolute atomic E-state index is 0.0533. The van der Waals surface area contributed by atoms with Gasteiger partial charge < -0.3 is 9.80 Å². The Morgan fingerprint density at radius 2 is 1.94 bits per heavy atom. The molecule has 0 radical (unpaired) electrons. The largest absolute Gasteiger partial charge is 0.367 e. The third-order valence-corrected chi connectivity index (χ3v) is 7.32. The average molecular weight is 443 g/mol. The summed E-state index contributed by atoms with van der Waals surface area (Å²) in [7, 11) is 2.06. The third kappa shape index (κ3) is 4.20. The summed E-state index contributed by atoms with van der Waals surface area (Å²) in [4.78, 5) is 21.7. The summed E-state index contributed by atoms with van der Waals surface area (Å²) >= 11 is 1.74. The van der Waals surface area contributed by atoms with Crippen molar-refractivity contribution in [2.75, 3.05) is 29.9 Å². The van der Waals surface area contributed by atoms with Gasteiger partial charge in [0.05, 0.1) is 21.5 Å². The van der Waals surface area contributed by atoms with Crippen LogP contribution in [0.2, 0.25) is 0 Å². The number of thiazole rings is 1. The molecule has 1 aromatic heterocycles. The van der Waals surface area contributed by atoms with Gasteiger partial charge in [0, 0.05) is 48.8 Å². The Kier molecular flexibility index (Phi) is 6.20. The number of rotatable bonds is 6. The maximum Gasteiger partial charge on any atom is 0.269 e. The molecule has 3 rings (SSSR count). The van der Waals surface area contributed by atoms with Crippen molar-refractivity contribution in [2.45, 2.75) is 65.3 Å². The van der Waals surface area contributed by atoms with Gasteiger partial charge in [-0.25, -0.2) is 4.98 Å². The molecular weight excluding hydrogens is 408 g/mol. The van der Waals surface area contributed by atoms with Crippen LogP contribution in [-0.2, 0) is 10.8 Å². The van der Waals surface area contributed by atoms with Gasteiger partial charge in [-0.05, 0) is 31.6 Å². The summed E-state index contributed by atoms with van der Waals surface area (Å²) in [6.45, 7) is 17.1. The van der Waals surface area contributed by atoms with Gasteiger partial charge in [-0.15, -0.1) is 0 Å². The number of anilines is 2. The fraction of sp³-hybridized carbons (Fsp3) is 0.542. The first kappa shape index (κ1) is 23.3. The van der Waals surface area contributed by atoms with Crippen LogP contribution in [-0.4, -0.2) is 36.1 Å². The normalized spacial score (nSPS) is 17.9. The van der Waals surface area contributed by atoms with Crippen LogP contribution in [0.4, 0.5) is 16.5 Å². The number of hydrogen-bond donors (Lipinski definition) is 0. The van der Waals surface area contributed by atoms with Gasteiger partial charge in [0.25, 0.3) is 5.69 Å². The number of benzene rings is 1. The first-order chi connectivity index (χ1) is 14.4. The first-order valence-corrected chi connectivity index (χ1v) is 11.7. The van der Waals surface area contributed by atoms with E-state index in [0.717, 1.165) is 35.2 Å². The zero-order valence-corrected chi connectivity index (χ0v) is 20.7. The molecule has 0 fully saturated rings. The van der Waals surface area contributed by atoms with Crippen LogP contribution in [0.15, 0.2) is 24.3 Å². The van der Waals surface area contributed by atoms with E-state index in [1.807, 2.05) is 6.07 Å². The fourth-order valence-corrected chi connectivity index (χ4v) is 5.72. The number of non-ortho nitro benzene ring substituents is 1. The number of fused-ring (bicyclic) bond motifs is 1. The molecule has 1 aromatic carbocycles. The van der Waals surface area contributed by atoms with Crippen molar-refractivity contribution < 1.29 is 4.92 Å². The second kappa shape index (κ2) is 8.26. The Bertz CT molecular complexity index is 999. The van der Waals surface area contributed by atoms with Crippen LogP contribution in [0.5, 0.6) is 0 Å². The van der Waals surface area contributed by atoms with Crippen LogP contribution < -0.4 is 9.80 Å². The molecule has 0 spiro atoms. The lowest BCUT2D eigenvalue weighted by atomic mass is 9.80. The number of likely N-dealkylation sites (N-methyl/N-ethyl adjacent to an activating group) is 1. The Balaban J connectivity index is 2.00. The topological polar surface area (TPSA) is 62.5 Å². The van der Waals surface area contributed by atoms with E-state index in [-0.39, 0.29) is 27.5 Å². The summed E-state index contributed by atoms with van der Waals surface area (Å²) in [5, 5.41) is 12.4. The van der Waals surface area contributed by atoms with Crippen molar-refractivity contribution in [3.63, 3.8) is 0 Å².